The van der Waals surface area contributed by atoms with E-state index >= 15 is 0 Å². The first-order chi connectivity index (χ1) is 11.8. The van der Waals surface area contributed by atoms with E-state index in [9.17, 15) is 0 Å². The molecule has 0 radical (unpaired) electrons. The average Bonchev–Trinajstić information content (AvgIpc) is 3.07. The summed E-state index contributed by atoms with van der Waals surface area (Å²) in [5.74, 6) is 0. The summed E-state index contributed by atoms with van der Waals surface area (Å²) in [6, 6.07) is 15.7. The van der Waals surface area contributed by atoms with Gasteiger partial charge in [0.25, 0.3) is 0 Å². The molecule has 1 aromatic carbocycles. The number of hydrogen-bond donors (Lipinski definition) is 0. The monoisotopic (exact) mass is 320 g/mol. The maximum Gasteiger partial charge on any atom is 0.141 e. The maximum atomic E-state index is 8.97. The minimum atomic E-state index is 0.408. The van der Waals surface area contributed by atoms with Gasteiger partial charge >= 0.3 is 0 Å². The molecule has 3 aromatic rings. The van der Waals surface area contributed by atoms with Crippen LogP contribution in [0.2, 0.25) is 0 Å². The van der Waals surface area contributed by atoms with E-state index in [2.05, 4.69) is 16.2 Å². The highest BCUT2D eigenvalue weighted by atomic mass is 15.2. The Morgan fingerprint density at radius 3 is 2.25 bits per heavy atom. The number of nitrogens with zero attached hydrogens (tertiary/aromatic N) is 4. The van der Waals surface area contributed by atoms with Crippen LogP contribution in [0.25, 0.3) is 22.4 Å². The Labute approximate surface area is 144 Å². The fourth-order valence-electron chi connectivity index (χ4n) is 2.17. The highest BCUT2D eigenvalue weighted by molar-refractivity contribution is 5.80. The molecule has 0 saturated heterocycles. The molecule has 4 heteroatoms. The summed E-state index contributed by atoms with van der Waals surface area (Å²) >= 11 is 0. The largest absolute Gasteiger partial charge is 0.275 e. The maximum absolute atomic E-state index is 8.97. The normalized spacial score (nSPS) is 9.00. The highest BCUT2D eigenvalue weighted by Gasteiger charge is 2.12. The first kappa shape index (κ1) is 19.1. The first-order valence-electron chi connectivity index (χ1n) is 8.23. The minimum Gasteiger partial charge on any atom is -0.275 e. The molecule has 124 valence electrons. The van der Waals surface area contributed by atoms with Crippen LogP contribution in [-0.2, 0) is 7.05 Å². The molecule has 0 amide bonds. The van der Waals surface area contributed by atoms with E-state index in [4.69, 9.17) is 5.26 Å². The summed E-state index contributed by atoms with van der Waals surface area (Å²) in [6.07, 6.45) is 3.61. The molecule has 0 spiro atoms. The Hall–Kier alpha value is -2.93. The standard InChI is InChI=1S/C16H12N4.2C2H6/c1-20-11-15(13-7-8-18-14(9-13)10-17)16(19-20)12-5-3-2-4-6-12;2*1-2/h2-9,11H,1H3;2*1-2H3. The fraction of sp³-hybridized carbons (Fsp3) is 0.250. The zero-order chi connectivity index (χ0) is 17.9. The van der Waals surface area contributed by atoms with Crippen LogP contribution in [0.1, 0.15) is 33.4 Å². The lowest BCUT2D eigenvalue weighted by atomic mass is 10.0. The van der Waals surface area contributed by atoms with Crippen LogP contribution in [0.4, 0.5) is 0 Å². The summed E-state index contributed by atoms with van der Waals surface area (Å²) in [5.41, 5.74) is 4.31. The Balaban J connectivity index is 0.000000671. The van der Waals surface area contributed by atoms with Crippen LogP contribution in [0, 0.1) is 11.3 Å². The van der Waals surface area contributed by atoms with E-state index in [1.165, 1.54) is 0 Å². The Morgan fingerprint density at radius 2 is 1.62 bits per heavy atom. The predicted octanol–water partition coefficient (Wildman–Crippen LogP) is 5.07. The molecule has 2 heterocycles. The second-order valence-corrected chi connectivity index (χ2v) is 4.47. The number of aryl methyl sites for hydroxylation is 1. The Bertz CT molecular complexity index is 783. The van der Waals surface area contributed by atoms with Gasteiger partial charge in [0.05, 0.1) is 0 Å². The number of nitriles is 1. The molecule has 2 aromatic heterocycles. The van der Waals surface area contributed by atoms with Gasteiger partial charge in [-0.3, -0.25) is 4.68 Å². The third-order valence-electron chi connectivity index (χ3n) is 3.06. The second-order valence-electron chi connectivity index (χ2n) is 4.47. The molecule has 0 bridgehead atoms. The predicted molar refractivity (Wildman–Crippen MR) is 99.3 cm³/mol. The molecule has 0 N–H and O–H groups in total. The first-order valence-corrected chi connectivity index (χ1v) is 8.23. The van der Waals surface area contributed by atoms with Crippen LogP contribution < -0.4 is 0 Å². The smallest absolute Gasteiger partial charge is 0.141 e. The van der Waals surface area contributed by atoms with Gasteiger partial charge in [0.2, 0.25) is 0 Å². The summed E-state index contributed by atoms with van der Waals surface area (Å²) in [5, 5.41) is 13.5. The molecule has 0 aliphatic heterocycles. The summed E-state index contributed by atoms with van der Waals surface area (Å²) in [7, 11) is 1.89. The van der Waals surface area contributed by atoms with Crippen LogP contribution in [0.3, 0.4) is 0 Å². The minimum absolute atomic E-state index is 0.408. The Kier molecular flexibility index (Phi) is 7.93. The van der Waals surface area contributed by atoms with Crippen molar-refractivity contribution >= 4 is 0 Å². The van der Waals surface area contributed by atoms with Crippen molar-refractivity contribution in [3.8, 4) is 28.5 Å². The molecule has 0 fully saturated rings. The topological polar surface area (TPSA) is 54.5 Å². The van der Waals surface area contributed by atoms with Crippen molar-refractivity contribution in [2.24, 2.45) is 7.05 Å². The van der Waals surface area contributed by atoms with Gasteiger partial charge in [-0.1, -0.05) is 58.0 Å². The quantitative estimate of drug-likeness (QED) is 0.662. The Morgan fingerprint density at radius 1 is 0.958 bits per heavy atom. The van der Waals surface area contributed by atoms with E-state index in [0.717, 1.165) is 22.4 Å². The van der Waals surface area contributed by atoms with Crippen molar-refractivity contribution in [2.45, 2.75) is 27.7 Å². The van der Waals surface area contributed by atoms with Gasteiger partial charge in [-0.25, -0.2) is 4.98 Å². The molecule has 3 rings (SSSR count). The van der Waals surface area contributed by atoms with Crippen molar-refractivity contribution in [3.05, 3.63) is 60.6 Å². The van der Waals surface area contributed by atoms with E-state index in [1.807, 2.05) is 77.3 Å². The number of benzene rings is 1. The second kappa shape index (κ2) is 9.96. The summed E-state index contributed by atoms with van der Waals surface area (Å²) in [4.78, 5) is 4.00. The molecular weight excluding hydrogens is 296 g/mol. The SMILES string of the molecule is CC.CC.Cn1cc(-c2ccnc(C#N)c2)c(-c2ccccc2)n1. The van der Waals surface area contributed by atoms with Crippen LogP contribution >= 0.6 is 0 Å². The van der Waals surface area contributed by atoms with Gasteiger partial charge < -0.3 is 0 Å². The van der Waals surface area contributed by atoms with Gasteiger partial charge in [-0.05, 0) is 17.7 Å². The van der Waals surface area contributed by atoms with E-state index in [0.29, 0.717) is 5.69 Å². The fourth-order valence-corrected chi connectivity index (χ4v) is 2.17. The van der Waals surface area contributed by atoms with Crippen molar-refractivity contribution in [3.63, 3.8) is 0 Å². The summed E-state index contributed by atoms with van der Waals surface area (Å²) < 4.78 is 1.78. The lowest BCUT2D eigenvalue weighted by Gasteiger charge is -2.02. The van der Waals surface area contributed by atoms with Crippen molar-refractivity contribution in [2.75, 3.05) is 0 Å². The molecular formula is C20H24N4. The van der Waals surface area contributed by atoms with Crippen LogP contribution in [0.5, 0.6) is 0 Å². The zero-order valence-corrected chi connectivity index (χ0v) is 15.0. The van der Waals surface area contributed by atoms with Crippen molar-refractivity contribution < 1.29 is 0 Å². The highest BCUT2D eigenvalue weighted by Crippen LogP contribution is 2.30. The van der Waals surface area contributed by atoms with Gasteiger partial charge in [0.15, 0.2) is 0 Å². The molecule has 0 saturated carbocycles. The molecule has 0 aliphatic rings. The van der Waals surface area contributed by atoms with Gasteiger partial charge in [0.1, 0.15) is 17.5 Å². The van der Waals surface area contributed by atoms with E-state index < -0.39 is 0 Å². The van der Waals surface area contributed by atoms with Gasteiger partial charge in [-0.15, -0.1) is 0 Å². The van der Waals surface area contributed by atoms with Gasteiger partial charge in [-0.2, -0.15) is 10.4 Å². The number of aromatic nitrogens is 3. The number of hydrogen-bond acceptors (Lipinski definition) is 3. The van der Waals surface area contributed by atoms with Crippen LogP contribution in [0.15, 0.2) is 54.9 Å². The van der Waals surface area contributed by atoms with Crippen molar-refractivity contribution in [1.82, 2.24) is 14.8 Å². The number of pyridine rings is 1. The average molecular weight is 320 g/mol. The van der Waals surface area contributed by atoms with Crippen LogP contribution in [-0.4, -0.2) is 14.8 Å². The lowest BCUT2D eigenvalue weighted by molar-refractivity contribution is 0.771. The third kappa shape index (κ3) is 4.53. The lowest BCUT2D eigenvalue weighted by Crippen LogP contribution is -1.87. The molecule has 0 atom stereocenters. The van der Waals surface area contributed by atoms with Crippen molar-refractivity contribution in [1.29, 1.82) is 5.26 Å². The zero-order valence-electron chi connectivity index (χ0n) is 15.0. The third-order valence-corrected chi connectivity index (χ3v) is 3.06. The van der Waals surface area contributed by atoms with E-state index in [1.54, 1.807) is 16.9 Å². The number of rotatable bonds is 2. The molecule has 0 unspecified atom stereocenters. The molecule has 0 aliphatic carbocycles. The summed E-state index contributed by atoms with van der Waals surface area (Å²) in [6.45, 7) is 8.00. The molecule has 4 nitrogen and oxygen atoms in total. The molecule has 24 heavy (non-hydrogen) atoms. The van der Waals surface area contributed by atoms with E-state index in [-0.39, 0.29) is 0 Å². The van der Waals surface area contributed by atoms with Gasteiger partial charge in [0, 0.05) is 30.6 Å².